The molecule has 0 fully saturated rings. The Labute approximate surface area is 193 Å². The van der Waals surface area contributed by atoms with Crippen molar-refractivity contribution < 1.29 is 28.2 Å². The highest BCUT2D eigenvalue weighted by Crippen LogP contribution is 2.24. The van der Waals surface area contributed by atoms with Gasteiger partial charge in [-0.25, -0.2) is 14.0 Å². The number of aromatic amines is 1. The second-order valence-corrected chi connectivity index (χ2v) is 9.29. The fourth-order valence-electron chi connectivity index (χ4n) is 2.81. The number of alkyl carbamates (subject to hydrolysis) is 2. The number of alkyl halides is 1. The van der Waals surface area contributed by atoms with Gasteiger partial charge in [0, 0.05) is 23.6 Å². The van der Waals surface area contributed by atoms with Crippen LogP contribution in [0.25, 0.3) is 10.9 Å². The summed E-state index contributed by atoms with van der Waals surface area (Å²) in [6.45, 7) is 10.1. The maximum Gasteiger partial charge on any atom is 0.414 e. The minimum absolute atomic E-state index is 0.00835. The number of H-pyrrole nitrogens is 1. The summed E-state index contributed by atoms with van der Waals surface area (Å²) in [7, 11) is 0. The van der Waals surface area contributed by atoms with Gasteiger partial charge in [-0.15, -0.1) is 0 Å². The summed E-state index contributed by atoms with van der Waals surface area (Å²) in [5.41, 5.74) is 0.425. The molecule has 1 heterocycles. The zero-order chi connectivity index (χ0) is 24.6. The Kier molecular flexibility index (Phi) is 8.67. The molecule has 2 aromatic rings. The molecule has 0 spiro atoms. The fraction of sp³-hybridized carbons (Fsp3) is 0.522. The summed E-state index contributed by atoms with van der Waals surface area (Å²) < 4.78 is 28.2. The van der Waals surface area contributed by atoms with Gasteiger partial charge in [0.15, 0.2) is 0 Å². The van der Waals surface area contributed by atoms with E-state index >= 15 is 0 Å². The minimum Gasteiger partial charge on any atom is -0.491 e. The summed E-state index contributed by atoms with van der Waals surface area (Å²) in [6, 6.07) is 5.46. The highest BCUT2D eigenvalue weighted by atomic mass is 19.1. The van der Waals surface area contributed by atoms with Gasteiger partial charge in [0.05, 0.1) is 0 Å². The largest absolute Gasteiger partial charge is 0.491 e. The Morgan fingerprint density at radius 3 is 2.18 bits per heavy atom. The number of carbonyl (C=O) groups excluding carboxylic acids is 2. The van der Waals surface area contributed by atoms with Gasteiger partial charge in [-0.1, -0.05) is 0 Å². The maximum atomic E-state index is 12.4. The van der Waals surface area contributed by atoms with Gasteiger partial charge in [0.1, 0.15) is 30.2 Å². The predicted octanol–water partition coefficient (Wildman–Crippen LogP) is 4.46. The molecule has 0 unspecified atom stereocenters. The van der Waals surface area contributed by atoms with E-state index in [0.29, 0.717) is 12.2 Å². The molecule has 0 radical (unpaired) electrons. The number of carbonyl (C=O) groups is 2. The van der Waals surface area contributed by atoms with Gasteiger partial charge < -0.3 is 19.2 Å². The summed E-state index contributed by atoms with van der Waals surface area (Å²) in [4.78, 5) is 31.8. The van der Waals surface area contributed by atoms with Crippen molar-refractivity contribution in [2.75, 3.05) is 19.8 Å². The van der Waals surface area contributed by atoms with E-state index in [1.807, 2.05) is 18.3 Å². The van der Waals surface area contributed by atoms with Crippen LogP contribution in [0.5, 0.6) is 5.75 Å². The first kappa shape index (κ1) is 26.0. The lowest BCUT2D eigenvalue weighted by atomic mass is 10.1. The van der Waals surface area contributed by atoms with Crippen molar-refractivity contribution in [1.29, 1.82) is 0 Å². The van der Waals surface area contributed by atoms with Crippen LogP contribution in [0.2, 0.25) is 0 Å². The summed E-state index contributed by atoms with van der Waals surface area (Å²) in [5, 5.41) is 5.83. The lowest BCUT2D eigenvalue weighted by Crippen LogP contribution is -2.47. The molecule has 9 nitrogen and oxygen atoms in total. The van der Waals surface area contributed by atoms with Crippen LogP contribution < -0.4 is 15.4 Å². The molecule has 33 heavy (non-hydrogen) atoms. The average Bonchev–Trinajstić information content (AvgIpc) is 3.05. The Balaban J connectivity index is 2.12. The Morgan fingerprint density at radius 1 is 1.03 bits per heavy atom. The van der Waals surface area contributed by atoms with E-state index in [4.69, 9.17) is 14.2 Å². The van der Waals surface area contributed by atoms with Crippen LogP contribution >= 0.6 is 0 Å². The lowest BCUT2D eigenvalue weighted by Gasteiger charge is -2.22. The number of halogens is 1. The molecule has 0 atom stereocenters. The zero-order valence-corrected chi connectivity index (χ0v) is 20.0. The van der Waals surface area contributed by atoms with Crippen molar-refractivity contribution in [3.63, 3.8) is 0 Å². The molecule has 0 aliphatic rings. The van der Waals surface area contributed by atoms with E-state index in [-0.39, 0.29) is 19.1 Å². The number of hydrogen-bond acceptors (Lipinski definition) is 6. The number of amides is 2. The van der Waals surface area contributed by atoms with Crippen LogP contribution in [0.1, 0.15) is 47.1 Å². The molecular weight excluding hydrogens is 431 g/mol. The van der Waals surface area contributed by atoms with Crippen molar-refractivity contribution in [1.82, 2.24) is 15.6 Å². The molecule has 0 aliphatic carbocycles. The molecule has 0 aliphatic heterocycles. The third-order valence-corrected chi connectivity index (χ3v) is 3.97. The third-order valence-electron chi connectivity index (χ3n) is 3.97. The summed E-state index contributed by atoms with van der Waals surface area (Å²) in [5.74, 6) is 0.494. The van der Waals surface area contributed by atoms with Gasteiger partial charge in [-0.2, -0.15) is 0 Å². The number of aliphatic imine (C=N–C) groups is 1. The molecule has 182 valence electrons. The molecule has 3 N–H and O–H groups in total. The van der Waals surface area contributed by atoms with Crippen LogP contribution in [0, 0.1) is 0 Å². The molecule has 1 aromatic carbocycles. The Morgan fingerprint density at radius 2 is 1.64 bits per heavy atom. The normalized spacial score (nSPS) is 11.6. The second-order valence-electron chi connectivity index (χ2n) is 9.29. The van der Waals surface area contributed by atoms with Crippen LogP contribution in [-0.4, -0.2) is 54.2 Å². The molecule has 1 aromatic heterocycles. The SMILES string of the molecule is CC(C)(C)OC(=O)NC(=NCCc1c[nH]c2ccc(OCCF)cc12)NC(=O)OC(C)(C)C. The predicted molar refractivity (Wildman–Crippen MR) is 125 cm³/mol. The monoisotopic (exact) mass is 464 g/mol. The Hall–Kier alpha value is -3.30. The Bertz CT molecular complexity index is 957. The number of fused-ring (bicyclic) bond motifs is 1. The highest BCUT2D eigenvalue weighted by molar-refractivity contribution is 6.01. The number of nitrogens with one attached hydrogen (secondary N) is 3. The number of ether oxygens (including phenoxy) is 3. The molecular formula is C23H33FN4O5. The van der Waals surface area contributed by atoms with E-state index in [2.05, 4.69) is 20.6 Å². The number of nitrogens with zero attached hydrogens (tertiary/aromatic N) is 1. The first-order valence-corrected chi connectivity index (χ1v) is 10.7. The number of guanidine groups is 1. The molecule has 2 amide bonds. The summed E-state index contributed by atoms with van der Waals surface area (Å²) >= 11 is 0. The van der Waals surface area contributed by atoms with Crippen LogP contribution in [0.3, 0.4) is 0 Å². The zero-order valence-electron chi connectivity index (χ0n) is 20.0. The third kappa shape index (κ3) is 9.38. The fourth-order valence-corrected chi connectivity index (χ4v) is 2.81. The van der Waals surface area contributed by atoms with Crippen LogP contribution in [-0.2, 0) is 15.9 Å². The van der Waals surface area contributed by atoms with Gasteiger partial charge in [0.25, 0.3) is 0 Å². The number of aromatic nitrogens is 1. The molecule has 0 saturated carbocycles. The maximum absolute atomic E-state index is 12.4. The van der Waals surface area contributed by atoms with Crippen molar-refractivity contribution >= 4 is 29.0 Å². The number of hydrogen-bond donors (Lipinski definition) is 3. The smallest absolute Gasteiger partial charge is 0.414 e. The quantitative estimate of drug-likeness (QED) is 0.431. The van der Waals surface area contributed by atoms with E-state index in [9.17, 15) is 14.0 Å². The second kappa shape index (κ2) is 11.0. The topological polar surface area (TPSA) is 114 Å². The summed E-state index contributed by atoms with van der Waals surface area (Å²) in [6.07, 6.45) is 0.849. The molecule has 2 rings (SSSR count). The molecule has 10 heteroatoms. The van der Waals surface area contributed by atoms with E-state index in [1.165, 1.54) is 0 Å². The average molecular weight is 465 g/mol. The van der Waals surface area contributed by atoms with Gasteiger partial charge in [-0.05, 0) is 71.7 Å². The van der Waals surface area contributed by atoms with Crippen molar-refractivity contribution in [3.05, 3.63) is 30.0 Å². The van der Waals surface area contributed by atoms with Crippen LogP contribution in [0.4, 0.5) is 14.0 Å². The highest BCUT2D eigenvalue weighted by Gasteiger charge is 2.21. The molecule has 0 saturated heterocycles. The van der Waals surface area contributed by atoms with Crippen molar-refractivity contribution in [2.45, 2.75) is 59.2 Å². The van der Waals surface area contributed by atoms with Crippen molar-refractivity contribution in [3.8, 4) is 5.75 Å². The first-order valence-electron chi connectivity index (χ1n) is 10.7. The van der Waals surface area contributed by atoms with Gasteiger partial charge in [-0.3, -0.25) is 15.6 Å². The van der Waals surface area contributed by atoms with Gasteiger partial charge >= 0.3 is 12.2 Å². The van der Waals surface area contributed by atoms with E-state index in [0.717, 1.165) is 16.5 Å². The lowest BCUT2D eigenvalue weighted by molar-refractivity contribution is 0.0545. The van der Waals surface area contributed by atoms with Crippen LogP contribution in [0.15, 0.2) is 29.4 Å². The van der Waals surface area contributed by atoms with Crippen molar-refractivity contribution in [2.24, 2.45) is 4.99 Å². The minimum atomic E-state index is -0.751. The van der Waals surface area contributed by atoms with E-state index < -0.39 is 30.1 Å². The molecule has 0 bridgehead atoms. The standard InChI is InChI=1S/C23H33FN4O5/c1-22(2,3)32-20(29)27-19(28-21(30)33-23(4,5)6)25-11-9-15-14-26-18-8-7-16(13-17(15)18)31-12-10-24/h7-8,13-14,26H,9-12H2,1-6H3,(H2,25,27,28,29,30). The first-order chi connectivity index (χ1) is 15.4. The van der Waals surface area contributed by atoms with Gasteiger partial charge in [0.2, 0.25) is 5.96 Å². The van der Waals surface area contributed by atoms with E-state index in [1.54, 1.807) is 47.6 Å². The number of benzene rings is 1. The number of rotatable bonds is 6.